The molecule has 0 radical (unpaired) electrons. The highest BCUT2D eigenvalue weighted by Gasteiger charge is 2.12. The van der Waals surface area contributed by atoms with Crippen molar-refractivity contribution < 1.29 is 4.79 Å². The van der Waals surface area contributed by atoms with Crippen molar-refractivity contribution >= 4 is 11.5 Å². The maximum Gasteiger partial charge on any atom is 0.180 e. The molecule has 16 heavy (non-hydrogen) atoms. The molecular formula is C12H15N3O. The lowest BCUT2D eigenvalue weighted by molar-refractivity contribution is 0.101. The zero-order valence-electron chi connectivity index (χ0n) is 9.26. The highest BCUT2D eigenvalue weighted by Crippen LogP contribution is 2.20. The summed E-state index contributed by atoms with van der Waals surface area (Å²) in [5.74, 6) is -0.00597. The summed E-state index contributed by atoms with van der Waals surface area (Å²) in [5.41, 5.74) is 1.39. The number of carbonyl (C=O) groups is 1. The van der Waals surface area contributed by atoms with Crippen LogP contribution in [-0.2, 0) is 0 Å². The van der Waals surface area contributed by atoms with E-state index >= 15 is 0 Å². The van der Waals surface area contributed by atoms with E-state index in [2.05, 4.69) is 4.98 Å². The minimum atomic E-state index is -0.00597. The maximum absolute atomic E-state index is 11.4. The fourth-order valence-electron chi connectivity index (χ4n) is 1.55. The molecule has 0 spiro atoms. The first-order chi connectivity index (χ1) is 7.29. The Balaban J connectivity index is 0.00000128. The van der Waals surface area contributed by atoms with Crippen molar-refractivity contribution in [1.82, 2.24) is 11.1 Å². The van der Waals surface area contributed by atoms with Crippen LogP contribution in [0.5, 0.6) is 0 Å². The second-order valence-electron chi connectivity index (χ2n) is 3.35. The van der Waals surface area contributed by atoms with E-state index in [1.165, 1.54) is 6.92 Å². The third-order valence-corrected chi connectivity index (χ3v) is 2.24. The molecule has 84 valence electrons. The minimum Gasteiger partial charge on any atom is -0.344 e. The molecule has 4 heteroatoms. The van der Waals surface area contributed by atoms with Crippen LogP contribution in [0.15, 0.2) is 42.8 Å². The molecule has 1 aromatic heterocycles. The molecule has 0 saturated heterocycles. The van der Waals surface area contributed by atoms with Crippen LogP contribution >= 0.6 is 0 Å². The molecule has 0 fully saturated rings. The summed E-state index contributed by atoms with van der Waals surface area (Å²) in [4.78, 5) is 17.5. The standard InChI is InChI=1S/C12H12N2O.H3N/c1-10(15)12-11(6-5-7-13-12)14-8-3-2-4-9-14;/h2-8H,9H2,1H3;1H3. The number of rotatable bonds is 2. The summed E-state index contributed by atoms with van der Waals surface area (Å²) in [5, 5.41) is 0. The summed E-state index contributed by atoms with van der Waals surface area (Å²) in [6.45, 7) is 2.32. The molecule has 1 aliphatic rings. The van der Waals surface area contributed by atoms with E-state index in [1.807, 2.05) is 41.5 Å². The average Bonchev–Trinajstić information content (AvgIpc) is 2.30. The third-order valence-electron chi connectivity index (χ3n) is 2.24. The van der Waals surface area contributed by atoms with Crippen LogP contribution in [0.1, 0.15) is 17.4 Å². The summed E-state index contributed by atoms with van der Waals surface area (Å²) in [7, 11) is 0. The largest absolute Gasteiger partial charge is 0.344 e. The van der Waals surface area contributed by atoms with Crippen molar-refractivity contribution in [1.29, 1.82) is 0 Å². The van der Waals surface area contributed by atoms with Crippen LogP contribution in [0, 0.1) is 0 Å². The van der Waals surface area contributed by atoms with Gasteiger partial charge in [0, 0.05) is 25.9 Å². The number of hydrogen-bond donors (Lipinski definition) is 1. The van der Waals surface area contributed by atoms with Crippen molar-refractivity contribution in [2.75, 3.05) is 11.4 Å². The molecule has 2 heterocycles. The molecule has 3 N–H and O–H groups in total. The number of Topliss-reactive ketones (excluding diaryl/α,β-unsaturated/α-hetero) is 1. The third kappa shape index (κ3) is 2.35. The Morgan fingerprint density at radius 3 is 2.88 bits per heavy atom. The number of ketones is 1. The predicted molar refractivity (Wildman–Crippen MR) is 64.9 cm³/mol. The van der Waals surface area contributed by atoms with Gasteiger partial charge < -0.3 is 11.1 Å². The molecular weight excluding hydrogens is 202 g/mol. The van der Waals surface area contributed by atoms with Crippen molar-refractivity contribution in [3.05, 3.63) is 48.5 Å². The monoisotopic (exact) mass is 217 g/mol. The predicted octanol–water partition coefficient (Wildman–Crippen LogP) is 2.34. The van der Waals surface area contributed by atoms with Crippen molar-refractivity contribution in [2.45, 2.75) is 6.92 Å². The van der Waals surface area contributed by atoms with Gasteiger partial charge in [-0.25, -0.2) is 0 Å². The Morgan fingerprint density at radius 1 is 1.44 bits per heavy atom. The number of aromatic nitrogens is 1. The first-order valence-electron chi connectivity index (χ1n) is 4.85. The SMILES string of the molecule is CC(=O)c1ncccc1N1C=CC=CC1.N. The van der Waals surface area contributed by atoms with Gasteiger partial charge in [0.2, 0.25) is 0 Å². The highest BCUT2D eigenvalue weighted by atomic mass is 16.1. The van der Waals surface area contributed by atoms with Crippen molar-refractivity contribution in [2.24, 2.45) is 0 Å². The second-order valence-corrected chi connectivity index (χ2v) is 3.35. The van der Waals surface area contributed by atoms with Gasteiger partial charge in [-0.15, -0.1) is 0 Å². The highest BCUT2D eigenvalue weighted by molar-refractivity contribution is 5.97. The lowest BCUT2D eigenvalue weighted by Crippen LogP contribution is -2.20. The number of hydrogen-bond acceptors (Lipinski definition) is 4. The second kappa shape index (κ2) is 5.23. The smallest absolute Gasteiger partial charge is 0.180 e. The Bertz CT molecular complexity index is 438. The van der Waals surface area contributed by atoms with Gasteiger partial charge in [0.25, 0.3) is 0 Å². The van der Waals surface area contributed by atoms with E-state index < -0.39 is 0 Å². The quantitative estimate of drug-likeness (QED) is 0.772. The van der Waals surface area contributed by atoms with Crippen LogP contribution in [-0.4, -0.2) is 17.3 Å². The van der Waals surface area contributed by atoms with Crippen LogP contribution in [0.2, 0.25) is 0 Å². The molecule has 0 saturated carbocycles. The van der Waals surface area contributed by atoms with Crippen molar-refractivity contribution in [3.8, 4) is 0 Å². The number of anilines is 1. The van der Waals surface area contributed by atoms with E-state index in [1.54, 1.807) is 6.20 Å². The molecule has 2 rings (SSSR count). The Hall–Kier alpha value is -1.94. The van der Waals surface area contributed by atoms with Gasteiger partial charge in [-0.05, 0) is 18.2 Å². The minimum absolute atomic E-state index is 0. The van der Waals surface area contributed by atoms with Crippen LogP contribution in [0.25, 0.3) is 0 Å². The lowest BCUT2D eigenvalue weighted by Gasteiger charge is -2.21. The summed E-state index contributed by atoms with van der Waals surface area (Å²) >= 11 is 0. The fraction of sp³-hybridized carbons (Fsp3) is 0.167. The molecule has 0 aliphatic carbocycles. The molecule has 0 bridgehead atoms. The first kappa shape index (κ1) is 12.1. The van der Waals surface area contributed by atoms with Gasteiger partial charge in [0.05, 0.1) is 5.69 Å². The van der Waals surface area contributed by atoms with Gasteiger partial charge in [-0.2, -0.15) is 0 Å². The van der Waals surface area contributed by atoms with E-state index in [9.17, 15) is 4.79 Å². The van der Waals surface area contributed by atoms with E-state index in [4.69, 9.17) is 0 Å². The zero-order valence-corrected chi connectivity index (χ0v) is 9.26. The number of pyridine rings is 1. The zero-order chi connectivity index (χ0) is 10.7. The summed E-state index contributed by atoms with van der Waals surface area (Å²) < 4.78 is 0. The molecule has 0 aromatic carbocycles. The normalized spacial score (nSPS) is 13.4. The lowest BCUT2D eigenvalue weighted by atomic mass is 10.2. The molecule has 0 atom stereocenters. The number of allylic oxidation sites excluding steroid dienone is 2. The summed E-state index contributed by atoms with van der Waals surface area (Å²) in [6, 6.07) is 3.75. The van der Waals surface area contributed by atoms with Gasteiger partial charge in [-0.3, -0.25) is 9.78 Å². The van der Waals surface area contributed by atoms with E-state index in [0.29, 0.717) is 5.69 Å². The Morgan fingerprint density at radius 2 is 2.25 bits per heavy atom. The molecule has 1 aromatic rings. The first-order valence-corrected chi connectivity index (χ1v) is 4.85. The Kier molecular flexibility index (Phi) is 3.96. The van der Waals surface area contributed by atoms with Gasteiger partial charge in [0.15, 0.2) is 5.78 Å². The summed E-state index contributed by atoms with van der Waals surface area (Å²) in [6.07, 6.45) is 9.56. The van der Waals surface area contributed by atoms with Gasteiger partial charge >= 0.3 is 0 Å². The van der Waals surface area contributed by atoms with E-state index in [-0.39, 0.29) is 11.9 Å². The maximum atomic E-state index is 11.4. The van der Waals surface area contributed by atoms with E-state index in [0.717, 1.165) is 12.2 Å². The number of carbonyl (C=O) groups excluding carboxylic acids is 1. The molecule has 1 aliphatic heterocycles. The molecule has 0 amide bonds. The molecule has 4 nitrogen and oxygen atoms in total. The topological polar surface area (TPSA) is 68.2 Å². The Labute approximate surface area is 94.9 Å². The molecule has 0 unspecified atom stereocenters. The van der Waals surface area contributed by atoms with Crippen LogP contribution < -0.4 is 11.1 Å². The van der Waals surface area contributed by atoms with Crippen molar-refractivity contribution in [3.63, 3.8) is 0 Å². The average molecular weight is 217 g/mol. The fourth-order valence-corrected chi connectivity index (χ4v) is 1.55. The van der Waals surface area contributed by atoms with Crippen LogP contribution in [0.4, 0.5) is 5.69 Å². The van der Waals surface area contributed by atoms with Gasteiger partial charge in [0.1, 0.15) is 5.69 Å². The van der Waals surface area contributed by atoms with Gasteiger partial charge in [-0.1, -0.05) is 12.2 Å². The number of nitrogens with zero attached hydrogens (tertiary/aromatic N) is 2. The van der Waals surface area contributed by atoms with Crippen LogP contribution in [0.3, 0.4) is 0 Å².